The molecule has 1 heterocycles. The third-order valence-corrected chi connectivity index (χ3v) is 3.64. The first-order valence-electron chi connectivity index (χ1n) is 6.20. The van der Waals surface area contributed by atoms with Gasteiger partial charge in [-0.15, -0.1) is 0 Å². The molecule has 1 aromatic rings. The van der Waals surface area contributed by atoms with Crippen LogP contribution in [0, 0.1) is 11.4 Å². The first kappa shape index (κ1) is 12.3. The number of aromatic nitrogens is 1. The predicted molar refractivity (Wildman–Crippen MR) is 65.3 cm³/mol. The van der Waals surface area contributed by atoms with E-state index in [-0.39, 0.29) is 12.0 Å². The average molecular weight is 238 g/mol. The Morgan fingerprint density at radius 3 is 2.65 bits per heavy atom. The Hall–Kier alpha value is -1.16. The van der Waals surface area contributed by atoms with Gasteiger partial charge in [0.1, 0.15) is 0 Å². The number of nitrogens with zero attached hydrogens (tertiary/aromatic N) is 1. The van der Waals surface area contributed by atoms with Crippen molar-refractivity contribution in [2.24, 2.45) is 5.41 Å². The number of aliphatic hydroxyl groups is 1. The van der Waals surface area contributed by atoms with Crippen molar-refractivity contribution in [2.45, 2.75) is 32.1 Å². The van der Waals surface area contributed by atoms with E-state index in [9.17, 15) is 9.50 Å². The number of rotatable bonds is 4. The first-order chi connectivity index (χ1) is 8.24. The number of aliphatic hydroxyl groups excluding tert-OH is 1. The molecule has 0 saturated heterocycles. The Morgan fingerprint density at radius 2 is 2.06 bits per heavy atom. The van der Waals surface area contributed by atoms with Crippen LogP contribution in [-0.4, -0.2) is 23.2 Å². The summed E-state index contributed by atoms with van der Waals surface area (Å²) in [6, 6.07) is 3.02. The van der Waals surface area contributed by atoms with Gasteiger partial charge in [0.25, 0.3) is 0 Å². The number of hydrogen-bond acceptors (Lipinski definition) is 3. The zero-order valence-corrected chi connectivity index (χ0v) is 9.95. The fourth-order valence-electron chi connectivity index (χ4n) is 2.46. The van der Waals surface area contributed by atoms with Crippen molar-refractivity contribution >= 4 is 5.69 Å². The molecule has 94 valence electrons. The highest BCUT2D eigenvalue weighted by molar-refractivity contribution is 5.40. The number of anilines is 1. The van der Waals surface area contributed by atoms with Gasteiger partial charge in [-0.1, -0.05) is 19.3 Å². The Bertz CT molecular complexity index is 347. The van der Waals surface area contributed by atoms with Gasteiger partial charge in [-0.25, -0.2) is 4.98 Å². The van der Waals surface area contributed by atoms with Crippen LogP contribution in [0.1, 0.15) is 32.1 Å². The SMILES string of the molecule is OCC1(CNc2ccc(F)nc2)CCCCC1. The van der Waals surface area contributed by atoms with Crippen LogP contribution in [0.3, 0.4) is 0 Å². The van der Waals surface area contributed by atoms with Crippen molar-refractivity contribution in [1.82, 2.24) is 4.98 Å². The zero-order chi connectivity index (χ0) is 12.1. The van der Waals surface area contributed by atoms with Crippen LogP contribution in [0.25, 0.3) is 0 Å². The molecule has 0 radical (unpaired) electrons. The molecule has 2 N–H and O–H groups in total. The molecule has 4 heteroatoms. The van der Waals surface area contributed by atoms with Crippen LogP contribution < -0.4 is 5.32 Å². The standard InChI is InChI=1S/C13H19FN2O/c14-12-5-4-11(8-15-12)16-9-13(10-17)6-2-1-3-7-13/h4-5,8,16-17H,1-3,6-7,9-10H2. The maximum atomic E-state index is 12.6. The normalized spacial score (nSPS) is 18.9. The summed E-state index contributed by atoms with van der Waals surface area (Å²) >= 11 is 0. The molecule has 0 spiro atoms. The molecule has 1 aliphatic carbocycles. The molecule has 0 aliphatic heterocycles. The predicted octanol–water partition coefficient (Wildman–Crippen LogP) is 2.58. The van der Waals surface area contributed by atoms with Gasteiger partial charge >= 0.3 is 0 Å². The Balaban J connectivity index is 1.93. The maximum absolute atomic E-state index is 12.6. The lowest BCUT2D eigenvalue weighted by atomic mass is 9.74. The van der Waals surface area contributed by atoms with Gasteiger partial charge in [0, 0.05) is 12.0 Å². The molecule has 2 rings (SSSR count). The molecule has 0 unspecified atom stereocenters. The van der Waals surface area contributed by atoms with Crippen molar-refractivity contribution < 1.29 is 9.50 Å². The van der Waals surface area contributed by atoms with Crippen molar-refractivity contribution in [3.8, 4) is 0 Å². The van der Waals surface area contributed by atoms with Crippen LogP contribution >= 0.6 is 0 Å². The average Bonchev–Trinajstić information content (AvgIpc) is 2.39. The monoisotopic (exact) mass is 238 g/mol. The van der Waals surface area contributed by atoms with E-state index in [2.05, 4.69) is 10.3 Å². The Kier molecular flexibility index (Phi) is 3.94. The third kappa shape index (κ3) is 3.16. The number of nitrogens with one attached hydrogen (secondary N) is 1. The molecule has 1 aliphatic rings. The summed E-state index contributed by atoms with van der Waals surface area (Å²) in [6.45, 7) is 0.950. The lowest BCUT2D eigenvalue weighted by Crippen LogP contribution is -2.35. The molecular formula is C13H19FN2O. The van der Waals surface area contributed by atoms with Crippen molar-refractivity contribution in [2.75, 3.05) is 18.5 Å². The second kappa shape index (κ2) is 5.45. The summed E-state index contributed by atoms with van der Waals surface area (Å²) in [5.41, 5.74) is 0.803. The second-order valence-corrected chi connectivity index (χ2v) is 4.94. The van der Waals surface area contributed by atoms with E-state index < -0.39 is 5.95 Å². The van der Waals surface area contributed by atoms with Crippen LogP contribution in [0.15, 0.2) is 18.3 Å². The summed E-state index contributed by atoms with van der Waals surface area (Å²) in [5.74, 6) is -0.468. The van der Waals surface area contributed by atoms with Crippen LogP contribution in [0.2, 0.25) is 0 Å². The van der Waals surface area contributed by atoms with Crippen molar-refractivity contribution in [3.05, 3.63) is 24.3 Å². The van der Waals surface area contributed by atoms with Gasteiger partial charge in [0.15, 0.2) is 0 Å². The minimum Gasteiger partial charge on any atom is -0.396 e. The van der Waals surface area contributed by atoms with Gasteiger partial charge in [-0.3, -0.25) is 0 Å². The fraction of sp³-hybridized carbons (Fsp3) is 0.615. The van der Waals surface area contributed by atoms with E-state index in [0.29, 0.717) is 0 Å². The lowest BCUT2D eigenvalue weighted by Gasteiger charge is -2.35. The largest absolute Gasteiger partial charge is 0.396 e. The minimum absolute atomic E-state index is 0.00731. The lowest BCUT2D eigenvalue weighted by molar-refractivity contribution is 0.0944. The molecule has 1 aromatic heterocycles. The summed E-state index contributed by atoms with van der Waals surface area (Å²) < 4.78 is 12.6. The van der Waals surface area contributed by atoms with Gasteiger partial charge in [-0.05, 0) is 25.0 Å². The molecule has 0 bridgehead atoms. The number of hydrogen-bond donors (Lipinski definition) is 2. The maximum Gasteiger partial charge on any atom is 0.212 e. The third-order valence-electron chi connectivity index (χ3n) is 3.64. The van der Waals surface area contributed by atoms with E-state index in [0.717, 1.165) is 25.1 Å². The molecule has 0 atom stereocenters. The van der Waals surface area contributed by atoms with E-state index >= 15 is 0 Å². The molecule has 0 aromatic carbocycles. The van der Waals surface area contributed by atoms with Crippen LogP contribution in [0.5, 0.6) is 0 Å². The van der Waals surface area contributed by atoms with E-state index in [1.54, 1.807) is 6.07 Å². The molecular weight excluding hydrogens is 219 g/mol. The zero-order valence-electron chi connectivity index (χ0n) is 9.95. The molecule has 1 fully saturated rings. The summed E-state index contributed by atoms with van der Waals surface area (Å²) in [7, 11) is 0. The van der Waals surface area contributed by atoms with Gasteiger partial charge in [0.2, 0.25) is 5.95 Å². The van der Waals surface area contributed by atoms with E-state index in [1.165, 1.54) is 31.5 Å². The highest BCUT2D eigenvalue weighted by Crippen LogP contribution is 2.35. The highest BCUT2D eigenvalue weighted by atomic mass is 19.1. The molecule has 3 nitrogen and oxygen atoms in total. The summed E-state index contributed by atoms with van der Waals surface area (Å²) in [5, 5.41) is 12.8. The van der Waals surface area contributed by atoms with Crippen molar-refractivity contribution in [3.63, 3.8) is 0 Å². The topological polar surface area (TPSA) is 45.1 Å². The van der Waals surface area contributed by atoms with Crippen LogP contribution in [-0.2, 0) is 0 Å². The summed E-state index contributed by atoms with van der Waals surface area (Å²) in [6.07, 6.45) is 7.24. The minimum atomic E-state index is -0.468. The van der Waals surface area contributed by atoms with E-state index in [1.807, 2.05) is 0 Å². The van der Waals surface area contributed by atoms with Gasteiger partial charge in [0.05, 0.1) is 18.5 Å². The van der Waals surface area contributed by atoms with Crippen LogP contribution in [0.4, 0.5) is 10.1 Å². The number of halogens is 1. The molecule has 0 amide bonds. The fourth-order valence-corrected chi connectivity index (χ4v) is 2.46. The quantitative estimate of drug-likeness (QED) is 0.792. The van der Waals surface area contributed by atoms with Gasteiger partial charge in [-0.2, -0.15) is 4.39 Å². The first-order valence-corrected chi connectivity index (χ1v) is 6.20. The second-order valence-electron chi connectivity index (χ2n) is 4.94. The molecule has 1 saturated carbocycles. The Labute approximate surface area is 101 Å². The molecule has 17 heavy (non-hydrogen) atoms. The Morgan fingerprint density at radius 1 is 1.29 bits per heavy atom. The summed E-state index contributed by atoms with van der Waals surface area (Å²) in [4.78, 5) is 3.60. The van der Waals surface area contributed by atoms with Crippen molar-refractivity contribution in [1.29, 1.82) is 0 Å². The van der Waals surface area contributed by atoms with Gasteiger partial charge < -0.3 is 10.4 Å². The number of pyridine rings is 1. The smallest absolute Gasteiger partial charge is 0.212 e. The highest BCUT2D eigenvalue weighted by Gasteiger charge is 2.30. The van der Waals surface area contributed by atoms with E-state index in [4.69, 9.17) is 0 Å².